The number of pyridine rings is 1. The summed E-state index contributed by atoms with van der Waals surface area (Å²) in [6.07, 6.45) is 2.67. The highest BCUT2D eigenvalue weighted by Gasteiger charge is 2.35. The maximum absolute atomic E-state index is 12.7. The number of carbonyl (C=O) groups is 3. The summed E-state index contributed by atoms with van der Waals surface area (Å²) in [5.41, 5.74) is 0.507. The summed E-state index contributed by atoms with van der Waals surface area (Å²) in [7, 11) is 1.22. The summed E-state index contributed by atoms with van der Waals surface area (Å²) in [4.78, 5) is 51.8. The predicted molar refractivity (Wildman–Crippen MR) is 119 cm³/mol. The fourth-order valence-corrected chi connectivity index (χ4v) is 3.75. The molecule has 0 aliphatic carbocycles. The van der Waals surface area contributed by atoms with Crippen LogP contribution in [0.3, 0.4) is 0 Å². The van der Waals surface area contributed by atoms with Crippen LogP contribution in [0.1, 0.15) is 21.9 Å². The number of ether oxygens (including phenoxy) is 2. The summed E-state index contributed by atoms with van der Waals surface area (Å²) in [6.45, 7) is -0.117. The lowest BCUT2D eigenvalue weighted by molar-refractivity contribution is -0.385. The van der Waals surface area contributed by atoms with Crippen LogP contribution < -0.4 is 4.74 Å². The molecule has 172 valence electrons. The lowest BCUT2D eigenvalue weighted by Crippen LogP contribution is -2.27. The van der Waals surface area contributed by atoms with Gasteiger partial charge in [-0.1, -0.05) is 12.1 Å². The average molecular weight is 481 g/mol. The molecule has 0 bridgehead atoms. The van der Waals surface area contributed by atoms with Crippen molar-refractivity contribution in [2.75, 3.05) is 7.11 Å². The SMILES string of the molecule is COC(=O)c1ccc(CN2C(=O)SC(=Cc3ccc(Oc4ccc([N+](=O)[O-])cn4)cc3)C2=O)o1. The van der Waals surface area contributed by atoms with E-state index in [2.05, 4.69) is 9.72 Å². The van der Waals surface area contributed by atoms with Gasteiger partial charge in [-0.25, -0.2) is 9.78 Å². The second-order valence-corrected chi connectivity index (χ2v) is 7.80. The summed E-state index contributed by atoms with van der Waals surface area (Å²) in [5.74, 6) is -0.270. The number of nitro groups is 1. The van der Waals surface area contributed by atoms with Crippen molar-refractivity contribution >= 4 is 40.6 Å². The van der Waals surface area contributed by atoms with E-state index in [0.717, 1.165) is 22.9 Å². The van der Waals surface area contributed by atoms with Crippen LogP contribution in [0, 0.1) is 10.1 Å². The quantitative estimate of drug-likeness (QED) is 0.206. The first-order valence-corrected chi connectivity index (χ1v) is 10.5. The molecule has 0 N–H and O–H groups in total. The molecule has 0 radical (unpaired) electrons. The van der Waals surface area contributed by atoms with Crippen LogP contribution in [0.25, 0.3) is 6.08 Å². The number of imide groups is 1. The van der Waals surface area contributed by atoms with Gasteiger partial charge in [0, 0.05) is 12.1 Å². The highest BCUT2D eigenvalue weighted by Crippen LogP contribution is 2.34. The minimum absolute atomic E-state index is 0.0220. The minimum atomic E-state index is -0.655. The number of esters is 1. The van der Waals surface area contributed by atoms with Crippen molar-refractivity contribution in [1.82, 2.24) is 9.88 Å². The molecule has 1 saturated heterocycles. The van der Waals surface area contributed by atoms with Gasteiger partial charge in [-0.3, -0.25) is 24.6 Å². The summed E-state index contributed by atoms with van der Waals surface area (Å²) >= 11 is 0.793. The number of furan rings is 1. The number of rotatable bonds is 7. The van der Waals surface area contributed by atoms with Crippen molar-refractivity contribution in [3.8, 4) is 11.6 Å². The Kier molecular flexibility index (Phi) is 6.41. The Balaban J connectivity index is 1.42. The largest absolute Gasteiger partial charge is 0.463 e. The van der Waals surface area contributed by atoms with E-state index in [1.807, 2.05) is 0 Å². The number of amides is 2. The van der Waals surface area contributed by atoms with Crippen molar-refractivity contribution in [1.29, 1.82) is 0 Å². The summed E-state index contributed by atoms with van der Waals surface area (Å²) in [6, 6.07) is 12.2. The van der Waals surface area contributed by atoms with Gasteiger partial charge in [0.15, 0.2) is 0 Å². The number of aromatic nitrogens is 1. The molecule has 0 atom stereocenters. The van der Waals surface area contributed by atoms with Crippen LogP contribution in [-0.2, 0) is 16.1 Å². The van der Waals surface area contributed by atoms with Crippen LogP contribution in [-0.4, -0.2) is 39.0 Å². The van der Waals surface area contributed by atoms with Gasteiger partial charge in [0.25, 0.3) is 16.8 Å². The Labute approximate surface area is 196 Å². The fourth-order valence-electron chi connectivity index (χ4n) is 2.91. The first kappa shape index (κ1) is 22.7. The van der Waals surface area contributed by atoms with Crippen molar-refractivity contribution < 1.29 is 33.2 Å². The average Bonchev–Trinajstić information content (AvgIpc) is 3.40. The van der Waals surface area contributed by atoms with Gasteiger partial charge in [0.1, 0.15) is 17.7 Å². The summed E-state index contributed by atoms with van der Waals surface area (Å²) < 4.78 is 15.5. The minimum Gasteiger partial charge on any atom is -0.463 e. The molecule has 2 amide bonds. The third kappa shape index (κ3) is 4.96. The van der Waals surface area contributed by atoms with Crippen LogP contribution in [0.15, 0.2) is 64.1 Å². The number of nitrogens with zero attached hydrogens (tertiary/aromatic N) is 3. The molecule has 3 aromatic rings. The van der Waals surface area contributed by atoms with Gasteiger partial charge in [-0.05, 0) is 47.7 Å². The van der Waals surface area contributed by atoms with E-state index in [4.69, 9.17) is 9.15 Å². The Hall–Kier alpha value is -4.45. The predicted octanol–water partition coefficient (Wildman–Crippen LogP) is 4.40. The molecule has 12 heteroatoms. The zero-order valence-corrected chi connectivity index (χ0v) is 18.3. The normalized spacial score (nSPS) is 14.5. The van der Waals surface area contributed by atoms with Crippen LogP contribution in [0.5, 0.6) is 11.6 Å². The second-order valence-electron chi connectivity index (χ2n) is 6.81. The zero-order chi connectivity index (χ0) is 24.2. The lowest BCUT2D eigenvalue weighted by atomic mass is 10.2. The maximum atomic E-state index is 12.7. The molecule has 2 aromatic heterocycles. The first-order chi connectivity index (χ1) is 16.3. The van der Waals surface area contributed by atoms with E-state index in [0.29, 0.717) is 11.3 Å². The van der Waals surface area contributed by atoms with Gasteiger partial charge in [-0.2, -0.15) is 0 Å². The van der Waals surface area contributed by atoms with E-state index in [-0.39, 0.29) is 34.5 Å². The fraction of sp³-hybridized carbons (Fsp3) is 0.0909. The molecule has 0 spiro atoms. The molecule has 4 rings (SSSR count). The topological polar surface area (TPSA) is 142 Å². The molecule has 1 fully saturated rings. The van der Waals surface area contributed by atoms with Crippen molar-refractivity contribution in [2.45, 2.75) is 6.54 Å². The zero-order valence-electron chi connectivity index (χ0n) is 17.5. The number of carbonyl (C=O) groups excluding carboxylic acids is 3. The number of benzene rings is 1. The number of methoxy groups -OCH3 is 1. The molecule has 0 saturated carbocycles. The maximum Gasteiger partial charge on any atom is 0.373 e. The number of thioether (sulfide) groups is 1. The van der Waals surface area contributed by atoms with Crippen LogP contribution in [0.2, 0.25) is 0 Å². The van der Waals surface area contributed by atoms with E-state index in [9.17, 15) is 24.5 Å². The standard InChI is InChI=1S/C22H15N3O8S/c1-31-21(27)17-8-7-16(32-17)12-24-20(26)18(34-22(24)28)10-13-2-5-15(6-3-13)33-19-9-4-14(11-23-19)25(29)30/h2-11H,12H2,1H3. The Morgan fingerprint density at radius 2 is 1.94 bits per heavy atom. The summed E-state index contributed by atoms with van der Waals surface area (Å²) in [5, 5.41) is 10.2. The lowest BCUT2D eigenvalue weighted by Gasteiger charge is -2.09. The number of hydrogen-bond donors (Lipinski definition) is 0. The Morgan fingerprint density at radius 1 is 1.18 bits per heavy atom. The molecule has 1 aliphatic rings. The Bertz CT molecular complexity index is 1300. The smallest absolute Gasteiger partial charge is 0.373 e. The van der Waals surface area contributed by atoms with Crippen LogP contribution >= 0.6 is 11.8 Å². The molecule has 3 heterocycles. The highest BCUT2D eigenvalue weighted by molar-refractivity contribution is 8.18. The van der Waals surface area contributed by atoms with Crippen molar-refractivity contribution in [3.63, 3.8) is 0 Å². The highest BCUT2D eigenvalue weighted by atomic mass is 32.2. The van der Waals surface area contributed by atoms with E-state index < -0.39 is 22.0 Å². The molecule has 1 aromatic carbocycles. The van der Waals surface area contributed by atoms with E-state index in [1.165, 1.54) is 31.4 Å². The van der Waals surface area contributed by atoms with Gasteiger partial charge >= 0.3 is 5.97 Å². The monoisotopic (exact) mass is 481 g/mol. The van der Waals surface area contributed by atoms with Crippen molar-refractivity contribution in [3.05, 3.63) is 86.8 Å². The van der Waals surface area contributed by atoms with Gasteiger partial charge in [0.2, 0.25) is 11.6 Å². The van der Waals surface area contributed by atoms with Gasteiger partial charge in [0.05, 0.1) is 23.5 Å². The second kappa shape index (κ2) is 9.58. The van der Waals surface area contributed by atoms with Gasteiger partial charge < -0.3 is 13.9 Å². The number of hydrogen-bond acceptors (Lipinski definition) is 10. The third-order valence-electron chi connectivity index (χ3n) is 4.57. The molecule has 0 unspecified atom stereocenters. The Morgan fingerprint density at radius 3 is 2.59 bits per heavy atom. The molecule has 34 heavy (non-hydrogen) atoms. The van der Waals surface area contributed by atoms with E-state index in [1.54, 1.807) is 30.3 Å². The van der Waals surface area contributed by atoms with Crippen molar-refractivity contribution in [2.24, 2.45) is 0 Å². The molecular weight excluding hydrogens is 466 g/mol. The van der Waals surface area contributed by atoms with Gasteiger partial charge in [-0.15, -0.1) is 0 Å². The first-order valence-electron chi connectivity index (χ1n) is 9.65. The molecule has 11 nitrogen and oxygen atoms in total. The van der Waals surface area contributed by atoms with Crippen LogP contribution in [0.4, 0.5) is 10.5 Å². The third-order valence-corrected chi connectivity index (χ3v) is 5.47. The molecular formula is C22H15N3O8S. The van der Waals surface area contributed by atoms with E-state index >= 15 is 0 Å². The molecule has 1 aliphatic heterocycles.